The minimum absolute atomic E-state index is 0.0644. The fourth-order valence-electron chi connectivity index (χ4n) is 2.28. The first-order valence-electron chi connectivity index (χ1n) is 6.86. The van der Waals surface area contributed by atoms with E-state index in [4.69, 9.17) is 11.6 Å². The number of nitrogens with one attached hydrogen (secondary N) is 1. The molecule has 1 aromatic carbocycles. The number of hydrogen-bond acceptors (Lipinski definition) is 2. The van der Waals surface area contributed by atoms with Crippen LogP contribution in [0.1, 0.15) is 12.5 Å². The van der Waals surface area contributed by atoms with Gasteiger partial charge in [0.05, 0.1) is 11.3 Å². The highest BCUT2D eigenvalue weighted by molar-refractivity contribution is 6.30. The summed E-state index contributed by atoms with van der Waals surface area (Å²) >= 11 is 5.59. The molecular formula is C14H15ClF3N3O2. The summed E-state index contributed by atoms with van der Waals surface area (Å²) in [4.78, 5) is 26.3. The highest BCUT2D eigenvalue weighted by atomic mass is 35.5. The van der Waals surface area contributed by atoms with Crippen LogP contribution >= 0.6 is 11.6 Å². The summed E-state index contributed by atoms with van der Waals surface area (Å²) in [6.45, 7) is 2.67. The fourth-order valence-corrected chi connectivity index (χ4v) is 2.45. The number of rotatable bonds is 1. The molecule has 0 radical (unpaired) electrons. The van der Waals surface area contributed by atoms with E-state index in [-0.39, 0.29) is 29.7 Å². The highest BCUT2D eigenvalue weighted by Gasteiger charge is 2.34. The normalized spacial score (nSPS) is 15.5. The van der Waals surface area contributed by atoms with Crippen molar-refractivity contribution in [1.82, 2.24) is 9.80 Å². The third kappa shape index (κ3) is 4.28. The van der Waals surface area contributed by atoms with Crippen molar-refractivity contribution in [3.8, 4) is 0 Å². The molecular weight excluding hydrogens is 335 g/mol. The van der Waals surface area contributed by atoms with E-state index in [0.717, 1.165) is 12.1 Å². The number of benzene rings is 1. The Kier molecular flexibility index (Phi) is 5.03. The van der Waals surface area contributed by atoms with Gasteiger partial charge in [-0.15, -0.1) is 0 Å². The van der Waals surface area contributed by atoms with Gasteiger partial charge in [-0.2, -0.15) is 13.2 Å². The van der Waals surface area contributed by atoms with Crippen molar-refractivity contribution in [2.75, 3.05) is 31.5 Å². The predicted molar refractivity (Wildman–Crippen MR) is 79.3 cm³/mol. The predicted octanol–water partition coefficient (Wildman–Crippen LogP) is 3.05. The Bertz CT molecular complexity index is 614. The van der Waals surface area contributed by atoms with E-state index in [1.54, 1.807) is 4.90 Å². The van der Waals surface area contributed by atoms with Crippen molar-refractivity contribution in [2.24, 2.45) is 0 Å². The number of carbonyl (C=O) groups is 2. The van der Waals surface area contributed by atoms with Crippen LogP contribution in [-0.4, -0.2) is 47.9 Å². The van der Waals surface area contributed by atoms with E-state index < -0.39 is 17.8 Å². The molecule has 1 N–H and O–H groups in total. The van der Waals surface area contributed by atoms with Gasteiger partial charge < -0.3 is 15.1 Å². The average molecular weight is 350 g/mol. The molecule has 1 aliphatic heterocycles. The van der Waals surface area contributed by atoms with Crippen LogP contribution < -0.4 is 5.32 Å². The van der Waals surface area contributed by atoms with Gasteiger partial charge in [-0.1, -0.05) is 11.6 Å². The number of alkyl halides is 3. The minimum atomic E-state index is -4.62. The van der Waals surface area contributed by atoms with E-state index >= 15 is 0 Å². The van der Waals surface area contributed by atoms with Gasteiger partial charge in [-0.05, 0) is 18.2 Å². The lowest BCUT2D eigenvalue weighted by Gasteiger charge is -2.34. The van der Waals surface area contributed by atoms with Crippen LogP contribution in [0.3, 0.4) is 0 Å². The Morgan fingerprint density at radius 3 is 2.22 bits per heavy atom. The number of hydrogen-bond donors (Lipinski definition) is 1. The van der Waals surface area contributed by atoms with Gasteiger partial charge in [0.15, 0.2) is 0 Å². The molecule has 23 heavy (non-hydrogen) atoms. The van der Waals surface area contributed by atoms with Crippen molar-refractivity contribution < 1.29 is 22.8 Å². The first-order valence-corrected chi connectivity index (χ1v) is 7.24. The van der Waals surface area contributed by atoms with Gasteiger partial charge in [-0.3, -0.25) is 4.79 Å². The number of anilines is 1. The van der Waals surface area contributed by atoms with Crippen molar-refractivity contribution in [3.05, 3.63) is 28.8 Å². The maximum absolute atomic E-state index is 13.0. The standard InChI is InChI=1S/C14H15ClF3N3O2/c1-9(22)20-4-6-21(7-5-20)13(23)19-12-3-2-10(15)8-11(12)14(16,17)18/h2-3,8H,4-7H2,1H3,(H,19,23). The number of urea groups is 1. The monoisotopic (exact) mass is 349 g/mol. The molecule has 0 bridgehead atoms. The maximum Gasteiger partial charge on any atom is 0.418 e. The third-order valence-corrected chi connectivity index (χ3v) is 3.78. The van der Waals surface area contributed by atoms with Crippen molar-refractivity contribution in [2.45, 2.75) is 13.1 Å². The molecule has 1 aliphatic rings. The molecule has 0 aromatic heterocycles. The van der Waals surface area contributed by atoms with E-state index in [1.807, 2.05) is 0 Å². The Labute approximate surface area is 136 Å². The van der Waals surface area contributed by atoms with Crippen LogP contribution in [0.4, 0.5) is 23.7 Å². The van der Waals surface area contributed by atoms with Crippen molar-refractivity contribution in [1.29, 1.82) is 0 Å². The molecule has 1 fully saturated rings. The number of carbonyl (C=O) groups excluding carboxylic acids is 2. The Hall–Kier alpha value is -1.96. The van der Waals surface area contributed by atoms with Gasteiger partial charge in [0.2, 0.25) is 5.91 Å². The van der Waals surface area contributed by atoms with E-state index in [2.05, 4.69) is 5.32 Å². The lowest BCUT2D eigenvalue weighted by Crippen LogP contribution is -2.51. The zero-order chi connectivity index (χ0) is 17.2. The first-order chi connectivity index (χ1) is 10.7. The molecule has 0 atom stereocenters. The van der Waals surface area contributed by atoms with Gasteiger partial charge in [-0.25, -0.2) is 4.79 Å². The summed E-state index contributed by atoms with van der Waals surface area (Å²) in [7, 11) is 0. The van der Waals surface area contributed by atoms with Crippen LogP contribution in [0.2, 0.25) is 5.02 Å². The molecule has 1 saturated heterocycles. The SMILES string of the molecule is CC(=O)N1CCN(C(=O)Nc2ccc(Cl)cc2C(F)(F)F)CC1. The van der Waals surface area contributed by atoms with Crippen LogP contribution in [0.25, 0.3) is 0 Å². The lowest BCUT2D eigenvalue weighted by atomic mass is 10.1. The number of halogens is 4. The summed E-state index contributed by atoms with van der Waals surface area (Å²) in [6, 6.07) is 2.53. The Balaban J connectivity index is 2.08. The zero-order valence-electron chi connectivity index (χ0n) is 12.3. The third-order valence-electron chi connectivity index (χ3n) is 3.54. The summed E-state index contributed by atoms with van der Waals surface area (Å²) in [5.74, 6) is -0.0953. The van der Waals surface area contributed by atoms with E-state index in [1.165, 1.54) is 17.9 Å². The topological polar surface area (TPSA) is 52.7 Å². The molecule has 1 heterocycles. The second-order valence-corrected chi connectivity index (χ2v) is 5.55. The van der Waals surface area contributed by atoms with Crippen molar-refractivity contribution in [3.63, 3.8) is 0 Å². The van der Waals surface area contributed by atoms with Gasteiger partial charge in [0.25, 0.3) is 0 Å². The van der Waals surface area contributed by atoms with Crippen molar-refractivity contribution >= 4 is 29.2 Å². The van der Waals surface area contributed by atoms with Crippen LogP contribution in [0.15, 0.2) is 18.2 Å². The van der Waals surface area contributed by atoms with Gasteiger partial charge in [0.1, 0.15) is 0 Å². The van der Waals surface area contributed by atoms with Crippen LogP contribution in [0, 0.1) is 0 Å². The Morgan fingerprint density at radius 2 is 1.70 bits per heavy atom. The molecule has 9 heteroatoms. The molecule has 5 nitrogen and oxygen atoms in total. The number of nitrogens with zero attached hydrogens (tertiary/aromatic N) is 2. The van der Waals surface area contributed by atoms with Crippen LogP contribution in [-0.2, 0) is 11.0 Å². The maximum atomic E-state index is 13.0. The molecule has 0 aliphatic carbocycles. The molecule has 2 rings (SSSR count). The van der Waals surface area contributed by atoms with Gasteiger partial charge >= 0.3 is 12.2 Å². The smallest absolute Gasteiger partial charge is 0.339 e. The molecule has 1 aromatic rings. The quantitative estimate of drug-likeness (QED) is 0.847. The summed E-state index contributed by atoms with van der Waals surface area (Å²) in [6.07, 6.45) is -4.62. The van der Waals surface area contributed by atoms with Crippen LogP contribution in [0.5, 0.6) is 0 Å². The zero-order valence-corrected chi connectivity index (χ0v) is 13.0. The molecule has 0 spiro atoms. The minimum Gasteiger partial charge on any atom is -0.339 e. The summed E-state index contributed by atoms with van der Waals surface area (Å²) in [5, 5.41) is 2.20. The van der Waals surface area contributed by atoms with E-state index in [9.17, 15) is 22.8 Å². The number of amides is 3. The molecule has 3 amide bonds. The summed E-state index contributed by atoms with van der Waals surface area (Å²) in [5.41, 5.74) is -1.35. The van der Waals surface area contributed by atoms with E-state index in [0.29, 0.717) is 13.1 Å². The van der Waals surface area contributed by atoms with Gasteiger partial charge in [0, 0.05) is 38.1 Å². The number of piperazine rings is 1. The fraction of sp³-hybridized carbons (Fsp3) is 0.429. The Morgan fingerprint density at radius 1 is 1.13 bits per heavy atom. The largest absolute Gasteiger partial charge is 0.418 e. The molecule has 0 unspecified atom stereocenters. The first kappa shape index (κ1) is 17.4. The lowest BCUT2D eigenvalue weighted by molar-refractivity contribution is -0.137. The second kappa shape index (κ2) is 6.66. The second-order valence-electron chi connectivity index (χ2n) is 5.11. The highest BCUT2D eigenvalue weighted by Crippen LogP contribution is 2.36. The summed E-state index contributed by atoms with van der Waals surface area (Å²) < 4.78 is 39.0. The molecule has 126 valence electrons. The average Bonchev–Trinajstić information content (AvgIpc) is 2.48. The molecule has 0 saturated carbocycles.